The molecule has 0 unspecified atom stereocenters. The van der Waals surface area contributed by atoms with Gasteiger partial charge in [0.1, 0.15) is 11.9 Å². The minimum Gasteiger partial charge on any atom is -0.480 e. The van der Waals surface area contributed by atoms with E-state index in [-0.39, 0.29) is 10.8 Å². The van der Waals surface area contributed by atoms with Gasteiger partial charge >= 0.3 is 12.1 Å². The van der Waals surface area contributed by atoms with Crippen LogP contribution in [0.3, 0.4) is 0 Å². The molecule has 1 atom stereocenters. The third-order valence-corrected chi connectivity index (χ3v) is 2.18. The fourth-order valence-electron chi connectivity index (χ4n) is 0.966. The average Bonchev–Trinajstić information content (AvgIpc) is 2.19. The molecule has 0 bridgehead atoms. The van der Waals surface area contributed by atoms with Crippen molar-refractivity contribution in [1.29, 1.82) is 0 Å². The van der Waals surface area contributed by atoms with Crippen LogP contribution in [0.5, 0.6) is 0 Å². The summed E-state index contributed by atoms with van der Waals surface area (Å²) in [7, 11) is 0. The summed E-state index contributed by atoms with van der Waals surface area (Å²) in [5, 5.41) is 10.7. The van der Waals surface area contributed by atoms with Gasteiger partial charge in [0.25, 0.3) is 0 Å². The molecular weight excluding hydrogens is 261 g/mol. The average molecular weight is 269 g/mol. The van der Waals surface area contributed by atoms with Gasteiger partial charge < -0.3 is 10.4 Å². The highest BCUT2D eigenvalue weighted by Gasteiger charge is 2.31. The number of carboxylic acid groups (broad SMARTS) is 1. The van der Waals surface area contributed by atoms with Gasteiger partial charge in [0.15, 0.2) is 0 Å². The van der Waals surface area contributed by atoms with Crippen molar-refractivity contribution in [2.24, 2.45) is 0 Å². The summed E-state index contributed by atoms with van der Waals surface area (Å²) < 4.78 is 36.8. The molecule has 0 fully saturated rings. The zero-order valence-electron chi connectivity index (χ0n) is 8.55. The second kappa shape index (κ2) is 4.79. The Morgan fingerprint density at radius 3 is 2.59 bits per heavy atom. The van der Waals surface area contributed by atoms with Crippen LogP contribution in [-0.2, 0) is 11.0 Å². The zero-order valence-corrected chi connectivity index (χ0v) is 9.30. The quantitative estimate of drug-likeness (QED) is 0.885. The lowest BCUT2D eigenvalue weighted by Gasteiger charge is -2.13. The van der Waals surface area contributed by atoms with E-state index in [0.29, 0.717) is 12.3 Å². The summed E-state index contributed by atoms with van der Waals surface area (Å²) in [4.78, 5) is 14.0. The smallest absolute Gasteiger partial charge is 0.417 e. The first kappa shape index (κ1) is 13.6. The Morgan fingerprint density at radius 2 is 2.18 bits per heavy atom. The second-order valence-corrected chi connectivity index (χ2v) is 3.66. The molecule has 1 aromatic heterocycles. The third kappa shape index (κ3) is 3.48. The van der Waals surface area contributed by atoms with Gasteiger partial charge in [0, 0.05) is 6.20 Å². The summed E-state index contributed by atoms with van der Waals surface area (Å²) in [6.07, 6.45) is -3.95. The standard InChI is InChI=1S/C9H8ClF3N2O2/c1-4(8(16)17)15-7-6(10)2-5(3-14-7)9(11,12)13/h2-4H,1H3,(H,14,15)(H,16,17)/t4-/m0/s1. The lowest BCUT2D eigenvalue weighted by atomic mass is 10.2. The number of nitrogens with one attached hydrogen (secondary N) is 1. The second-order valence-electron chi connectivity index (χ2n) is 3.26. The van der Waals surface area contributed by atoms with Crippen molar-refractivity contribution < 1.29 is 23.1 Å². The molecule has 0 aliphatic rings. The molecule has 0 amide bonds. The SMILES string of the molecule is C[C@H](Nc1ncc(C(F)(F)F)cc1Cl)C(=O)O. The Kier molecular flexibility index (Phi) is 3.82. The van der Waals surface area contributed by atoms with Crippen LogP contribution in [0, 0.1) is 0 Å². The van der Waals surface area contributed by atoms with Gasteiger partial charge in [-0.05, 0) is 13.0 Å². The number of hydrogen-bond donors (Lipinski definition) is 2. The molecule has 0 saturated carbocycles. The molecule has 1 rings (SSSR count). The molecule has 0 saturated heterocycles. The molecule has 8 heteroatoms. The van der Waals surface area contributed by atoms with Gasteiger partial charge in [0.05, 0.1) is 10.6 Å². The van der Waals surface area contributed by atoms with Crippen molar-refractivity contribution in [1.82, 2.24) is 4.98 Å². The number of alkyl halides is 3. The predicted octanol–water partition coefficient (Wildman–Crippen LogP) is 2.64. The minimum absolute atomic E-state index is 0.102. The summed E-state index contributed by atoms with van der Waals surface area (Å²) in [5.74, 6) is -1.27. The Hall–Kier alpha value is -1.50. The minimum atomic E-state index is -4.53. The maximum Gasteiger partial charge on any atom is 0.417 e. The number of nitrogens with zero attached hydrogens (tertiary/aromatic N) is 1. The molecule has 0 aromatic carbocycles. The van der Waals surface area contributed by atoms with Crippen LogP contribution in [0.2, 0.25) is 5.02 Å². The number of pyridine rings is 1. The highest BCUT2D eigenvalue weighted by molar-refractivity contribution is 6.33. The van der Waals surface area contributed by atoms with Crippen molar-refractivity contribution in [3.63, 3.8) is 0 Å². The Bertz CT molecular complexity index is 437. The molecule has 0 radical (unpaired) electrons. The van der Waals surface area contributed by atoms with Crippen molar-refractivity contribution in [2.75, 3.05) is 5.32 Å². The summed E-state index contributed by atoms with van der Waals surface area (Å²) in [6.45, 7) is 1.32. The Labute approximate surface area is 99.4 Å². The van der Waals surface area contributed by atoms with E-state index in [9.17, 15) is 18.0 Å². The third-order valence-electron chi connectivity index (χ3n) is 1.89. The van der Waals surface area contributed by atoms with Gasteiger partial charge in [0.2, 0.25) is 0 Å². The lowest BCUT2D eigenvalue weighted by molar-refractivity contribution is -0.138. The van der Waals surface area contributed by atoms with Crippen LogP contribution in [0.1, 0.15) is 12.5 Å². The molecule has 4 nitrogen and oxygen atoms in total. The number of anilines is 1. The van der Waals surface area contributed by atoms with Crippen LogP contribution in [0.25, 0.3) is 0 Å². The van der Waals surface area contributed by atoms with E-state index in [1.54, 1.807) is 0 Å². The number of halogens is 4. The van der Waals surface area contributed by atoms with Gasteiger partial charge in [-0.15, -0.1) is 0 Å². The number of hydrogen-bond acceptors (Lipinski definition) is 3. The molecule has 1 heterocycles. The van der Waals surface area contributed by atoms with Gasteiger partial charge in [-0.3, -0.25) is 4.79 Å². The number of carbonyl (C=O) groups is 1. The highest BCUT2D eigenvalue weighted by atomic mass is 35.5. The van der Waals surface area contributed by atoms with E-state index in [4.69, 9.17) is 16.7 Å². The molecule has 1 aromatic rings. The van der Waals surface area contributed by atoms with Crippen LogP contribution < -0.4 is 5.32 Å². The maximum atomic E-state index is 12.3. The van der Waals surface area contributed by atoms with Crippen molar-refractivity contribution in [2.45, 2.75) is 19.1 Å². The zero-order chi connectivity index (χ0) is 13.2. The van der Waals surface area contributed by atoms with E-state index >= 15 is 0 Å². The first-order valence-electron chi connectivity index (χ1n) is 4.44. The van der Waals surface area contributed by atoms with Crippen LogP contribution in [0.4, 0.5) is 19.0 Å². The molecule has 17 heavy (non-hydrogen) atoms. The van der Waals surface area contributed by atoms with Crippen LogP contribution in [0.15, 0.2) is 12.3 Å². The Balaban J connectivity index is 2.95. The first-order valence-corrected chi connectivity index (χ1v) is 4.81. The summed E-state index contributed by atoms with van der Waals surface area (Å²) in [5.41, 5.74) is -0.990. The normalized spacial score (nSPS) is 13.2. The van der Waals surface area contributed by atoms with Crippen molar-refractivity contribution in [3.05, 3.63) is 22.8 Å². The fraction of sp³-hybridized carbons (Fsp3) is 0.333. The fourth-order valence-corrected chi connectivity index (χ4v) is 1.19. The molecule has 0 aliphatic carbocycles. The van der Waals surface area contributed by atoms with Gasteiger partial charge in [-0.25, -0.2) is 4.98 Å². The van der Waals surface area contributed by atoms with Crippen molar-refractivity contribution >= 4 is 23.4 Å². The van der Waals surface area contributed by atoms with E-state index in [2.05, 4.69) is 10.3 Å². The van der Waals surface area contributed by atoms with E-state index in [1.807, 2.05) is 0 Å². The van der Waals surface area contributed by atoms with E-state index in [1.165, 1.54) is 6.92 Å². The molecule has 2 N–H and O–H groups in total. The largest absolute Gasteiger partial charge is 0.480 e. The molecule has 0 spiro atoms. The van der Waals surface area contributed by atoms with Gasteiger partial charge in [-0.1, -0.05) is 11.6 Å². The molecule has 94 valence electrons. The highest BCUT2D eigenvalue weighted by Crippen LogP contribution is 2.32. The van der Waals surface area contributed by atoms with E-state index < -0.39 is 23.8 Å². The number of rotatable bonds is 3. The maximum absolute atomic E-state index is 12.3. The molecule has 0 aliphatic heterocycles. The number of aliphatic carboxylic acids is 1. The first-order chi connectivity index (χ1) is 7.71. The lowest BCUT2D eigenvalue weighted by Crippen LogP contribution is -2.26. The summed E-state index contributed by atoms with van der Waals surface area (Å²) >= 11 is 5.57. The number of aromatic nitrogens is 1. The topological polar surface area (TPSA) is 62.2 Å². The van der Waals surface area contributed by atoms with Crippen molar-refractivity contribution in [3.8, 4) is 0 Å². The Morgan fingerprint density at radius 1 is 1.59 bits per heavy atom. The van der Waals surface area contributed by atoms with Crippen LogP contribution >= 0.6 is 11.6 Å². The predicted molar refractivity (Wildman–Crippen MR) is 55.0 cm³/mol. The van der Waals surface area contributed by atoms with E-state index in [0.717, 1.165) is 0 Å². The molecular formula is C9H8ClF3N2O2. The number of carboxylic acids is 1. The van der Waals surface area contributed by atoms with Gasteiger partial charge in [-0.2, -0.15) is 13.2 Å². The van der Waals surface area contributed by atoms with Crippen LogP contribution in [-0.4, -0.2) is 22.1 Å². The summed E-state index contributed by atoms with van der Waals surface area (Å²) in [6, 6.07) is -0.317. The monoisotopic (exact) mass is 268 g/mol.